The quantitative estimate of drug-likeness (QED) is 0.707. The summed E-state index contributed by atoms with van der Waals surface area (Å²) in [5.41, 5.74) is 0.851. The smallest absolute Gasteiger partial charge is 0.320 e. The van der Waals surface area contributed by atoms with Gasteiger partial charge >= 0.3 is 5.97 Å². The second-order valence-electron chi connectivity index (χ2n) is 3.97. The van der Waals surface area contributed by atoms with Gasteiger partial charge in [0.2, 0.25) is 5.91 Å². The minimum atomic E-state index is -0.963. The Morgan fingerprint density at radius 2 is 2.11 bits per heavy atom. The van der Waals surface area contributed by atoms with Crippen LogP contribution < -0.4 is 10.6 Å². The van der Waals surface area contributed by atoms with Crippen molar-refractivity contribution in [3.63, 3.8) is 0 Å². The van der Waals surface area contributed by atoms with Crippen molar-refractivity contribution in [2.45, 2.75) is 19.4 Å². The molecule has 19 heavy (non-hydrogen) atoms. The Kier molecular flexibility index (Phi) is 5.51. The predicted octanol–water partition coefficient (Wildman–Crippen LogP) is 0.950. The number of anilines is 1. The number of benzene rings is 1. The summed E-state index contributed by atoms with van der Waals surface area (Å²) in [4.78, 5) is 22.2. The molecule has 0 aliphatic heterocycles. The standard InChI is InChI=1S/C13H15N3O3/c1-9(13(18)19)15-7-6-12(17)16-11-5-3-2-4-10(11)8-14/h2-5,9,15H,6-7H2,1H3,(H,16,17)(H,18,19). The van der Waals surface area contributed by atoms with Gasteiger partial charge in [-0.25, -0.2) is 0 Å². The zero-order valence-corrected chi connectivity index (χ0v) is 10.5. The number of carbonyl (C=O) groups excluding carboxylic acids is 1. The van der Waals surface area contributed by atoms with Crippen LogP contribution in [-0.2, 0) is 9.59 Å². The van der Waals surface area contributed by atoms with Crippen LogP contribution in [0.3, 0.4) is 0 Å². The molecular weight excluding hydrogens is 246 g/mol. The van der Waals surface area contributed by atoms with E-state index in [4.69, 9.17) is 10.4 Å². The molecule has 1 unspecified atom stereocenters. The fourth-order valence-corrected chi connectivity index (χ4v) is 1.39. The number of nitriles is 1. The molecule has 0 saturated carbocycles. The number of carbonyl (C=O) groups is 2. The lowest BCUT2D eigenvalue weighted by Gasteiger charge is -2.09. The van der Waals surface area contributed by atoms with E-state index in [0.717, 1.165) is 0 Å². The highest BCUT2D eigenvalue weighted by molar-refractivity contribution is 5.92. The molecule has 1 atom stereocenters. The van der Waals surface area contributed by atoms with Gasteiger partial charge < -0.3 is 15.7 Å². The number of hydrogen-bond acceptors (Lipinski definition) is 4. The average molecular weight is 261 g/mol. The summed E-state index contributed by atoms with van der Waals surface area (Å²) in [7, 11) is 0. The van der Waals surface area contributed by atoms with Crippen molar-refractivity contribution >= 4 is 17.6 Å². The van der Waals surface area contributed by atoms with Gasteiger partial charge in [-0.3, -0.25) is 9.59 Å². The number of hydrogen-bond donors (Lipinski definition) is 3. The van der Waals surface area contributed by atoms with Crippen LogP contribution in [0.5, 0.6) is 0 Å². The van der Waals surface area contributed by atoms with Gasteiger partial charge in [0.25, 0.3) is 0 Å². The number of para-hydroxylation sites is 1. The number of carboxylic acid groups (broad SMARTS) is 1. The van der Waals surface area contributed by atoms with Crippen molar-refractivity contribution in [2.24, 2.45) is 0 Å². The van der Waals surface area contributed by atoms with Gasteiger partial charge in [0.1, 0.15) is 12.1 Å². The molecule has 1 aromatic rings. The van der Waals surface area contributed by atoms with E-state index in [-0.39, 0.29) is 18.9 Å². The molecule has 6 heteroatoms. The normalized spacial score (nSPS) is 11.4. The maximum absolute atomic E-state index is 11.6. The Balaban J connectivity index is 2.44. The Hall–Kier alpha value is -2.39. The lowest BCUT2D eigenvalue weighted by molar-refractivity contribution is -0.139. The molecule has 0 aliphatic carbocycles. The van der Waals surface area contributed by atoms with Gasteiger partial charge in [-0.1, -0.05) is 12.1 Å². The lowest BCUT2D eigenvalue weighted by atomic mass is 10.2. The van der Waals surface area contributed by atoms with Gasteiger partial charge in [0, 0.05) is 13.0 Å². The Labute approximate surface area is 111 Å². The SMILES string of the molecule is CC(NCCC(=O)Nc1ccccc1C#N)C(=O)O. The molecular formula is C13H15N3O3. The molecule has 1 amide bonds. The number of carboxylic acids is 1. The van der Waals surface area contributed by atoms with E-state index in [1.54, 1.807) is 24.3 Å². The average Bonchev–Trinajstić information content (AvgIpc) is 2.39. The Morgan fingerprint density at radius 3 is 2.74 bits per heavy atom. The van der Waals surface area contributed by atoms with Crippen LogP contribution in [0, 0.1) is 11.3 Å². The minimum absolute atomic E-state index is 0.136. The molecule has 1 aromatic carbocycles. The largest absolute Gasteiger partial charge is 0.480 e. The molecule has 0 fully saturated rings. The Morgan fingerprint density at radius 1 is 1.42 bits per heavy atom. The van der Waals surface area contributed by atoms with Gasteiger partial charge in [0.15, 0.2) is 0 Å². The lowest BCUT2D eigenvalue weighted by Crippen LogP contribution is -2.35. The van der Waals surface area contributed by atoms with Crippen LogP contribution in [0.1, 0.15) is 18.9 Å². The van der Waals surface area contributed by atoms with Crippen LogP contribution in [0.15, 0.2) is 24.3 Å². The zero-order valence-electron chi connectivity index (χ0n) is 10.5. The third kappa shape index (κ3) is 4.77. The molecule has 100 valence electrons. The van der Waals surface area contributed by atoms with Crippen molar-refractivity contribution < 1.29 is 14.7 Å². The van der Waals surface area contributed by atoms with Crippen LogP contribution in [0.4, 0.5) is 5.69 Å². The van der Waals surface area contributed by atoms with Crippen molar-refractivity contribution in [3.8, 4) is 6.07 Å². The first-order chi connectivity index (χ1) is 9.04. The highest BCUT2D eigenvalue weighted by atomic mass is 16.4. The van der Waals surface area contributed by atoms with Gasteiger partial charge in [0.05, 0.1) is 11.3 Å². The summed E-state index contributed by atoms with van der Waals surface area (Å²) >= 11 is 0. The molecule has 6 nitrogen and oxygen atoms in total. The van der Waals surface area contributed by atoms with Gasteiger partial charge in [-0.05, 0) is 19.1 Å². The molecule has 0 aliphatic rings. The first-order valence-electron chi connectivity index (χ1n) is 5.79. The van der Waals surface area contributed by atoms with E-state index < -0.39 is 12.0 Å². The maximum Gasteiger partial charge on any atom is 0.320 e. The summed E-state index contributed by atoms with van der Waals surface area (Å²) in [6.45, 7) is 1.76. The minimum Gasteiger partial charge on any atom is -0.480 e. The first kappa shape index (κ1) is 14.7. The number of rotatable bonds is 6. The highest BCUT2D eigenvalue weighted by Gasteiger charge is 2.11. The summed E-state index contributed by atoms with van der Waals surface area (Å²) in [6, 6.07) is 7.98. The van der Waals surface area contributed by atoms with Gasteiger partial charge in [-0.2, -0.15) is 5.26 Å². The van der Waals surface area contributed by atoms with E-state index in [1.165, 1.54) is 6.92 Å². The molecule has 0 heterocycles. The monoisotopic (exact) mass is 261 g/mol. The summed E-state index contributed by atoms with van der Waals surface area (Å²) in [6.07, 6.45) is 0.136. The molecule has 0 bridgehead atoms. The van der Waals surface area contributed by atoms with Crippen LogP contribution in [0.2, 0.25) is 0 Å². The number of nitrogens with zero attached hydrogens (tertiary/aromatic N) is 1. The van der Waals surface area contributed by atoms with Crippen molar-refractivity contribution in [2.75, 3.05) is 11.9 Å². The predicted molar refractivity (Wildman–Crippen MR) is 69.5 cm³/mol. The summed E-state index contributed by atoms with van der Waals surface area (Å²) in [5, 5.41) is 22.8. The van der Waals surface area contributed by atoms with E-state index in [0.29, 0.717) is 11.3 Å². The molecule has 0 spiro atoms. The maximum atomic E-state index is 11.6. The zero-order chi connectivity index (χ0) is 14.3. The van der Waals surface area contributed by atoms with Crippen LogP contribution in [-0.4, -0.2) is 29.6 Å². The number of aliphatic carboxylic acids is 1. The van der Waals surface area contributed by atoms with Crippen LogP contribution in [0.25, 0.3) is 0 Å². The van der Waals surface area contributed by atoms with E-state index in [1.807, 2.05) is 6.07 Å². The topological polar surface area (TPSA) is 102 Å². The number of nitrogens with one attached hydrogen (secondary N) is 2. The molecule has 0 radical (unpaired) electrons. The van der Waals surface area contributed by atoms with Crippen molar-refractivity contribution in [3.05, 3.63) is 29.8 Å². The third-order valence-electron chi connectivity index (χ3n) is 2.49. The van der Waals surface area contributed by atoms with E-state index in [2.05, 4.69) is 10.6 Å². The molecule has 3 N–H and O–H groups in total. The first-order valence-corrected chi connectivity index (χ1v) is 5.79. The molecule has 0 saturated heterocycles. The summed E-state index contributed by atoms with van der Waals surface area (Å²) in [5.74, 6) is -1.23. The van der Waals surface area contributed by atoms with Crippen molar-refractivity contribution in [1.29, 1.82) is 5.26 Å². The van der Waals surface area contributed by atoms with Gasteiger partial charge in [-0.15, -0.1) is 0 Å². The van der Waals surface area contributed by atoms with E-state index in [9.17, 15) is 9.59 Å². The molecule has 1 rings (SSSR count). The third-order valence-corrected chi connectivity index (χ3v) is 2.49. The highest BCUT2D eigenvalue weighted by Crippen LogP contribution is 2.13. The second kappa shape index (κ2) is 7.13. The van der Waals surface area contributed by atoms with Crippen molar-refractivity contribution in [1.82, 2.24) is 5.32 Å². The summed E-state index contributed by atoms with van der Waals surface area (Å²) < 4.78 is 0. The fourth-order valence-electron chi connectivity index (χ4n) is 1.39. The Bertz CT molecular complexity index is 508. The molecule has 0 aromatic heterocycles. The second-order valence-corrected chi connectivity index (χ2v) is 3.97. The van der Waals surface area contributed by atoms with E-state index >= 15 is 0 Å². The van der Waals surface area contributed by atoms with Crippen LogP contribution >= 0.6 is 0 Å². The number of amides is 1. The fraction of sp³-hybridized carbons (Fsp3) is 0.308.